The molecule has 1 unspecified atom stereocenters. The summed E-state index contributed by atoms with van der Waals surface area (Å²) in [6.45, 7) is 0.645. The predicted octanol–water partition coefficient (Wildman–Crippen LogP) is 1.95. The van der Waals surface area contributed by atoms with Gasteiger partial charge in [0.05, 0.1) is 6.10 Å². The largest absolute Gasteiger partial charge is 0.387 e. The van der Waals surface area contributed by atoms with Crippen LogP contribution in [0, 0.1) is 0 Å². The van der Waals surface area contributed by atoms with Crippen molar-refractivity contribution in [3.63, 3.8) is 0 Å². The molecular formula is C13H16N2O. The van der Waals surface area contributed by atoms with Gasteiger partial charge in [-0.3, -0.25) is 0 Å². The van der Waals surface area contributed by atoms with Gasteiger partial charge in [0, 0.05) is 35.2 Å². The minimum Gasteiger partial charge on any atom is -0.387 e. The smallest absolute Gasteiger partial charge is 0.0935 e. The molecular weight excluding hydrogens is 200 g/mol. The Labute approximate surface area is 94.5 Å². The summed E-state index contributed by atoms with van der Waals surface area (Å²) in [6, 6.07) is 8.71. The average Bonchev–Trinajstić information content (AvgIpc) is 3.04. The fraction of sp³-hybridized carbons (Fsp3) is 0.385. The molecule has 0 bridgehead atoms. The first-order valence-electron chi connectivity index (χ1n) is 5.82. The number of para-hydroxylation sites is 1. The van der Waals surface area contributed by atoms with E-state index in [2.05, 4.69) is 10.3 Å². The molecule has 1 aromatic carbocycles. The Morgan fingerprint density at radius 1 is 1.38 bits per heavy atom. The molecule has 1 aromatic heterocycles. The zero-order chi connectivity index (χ0) is 11.0. The van der Waals surface area contributed by atoms with Gasteiger partial charge in [0.25, 0.3) is 0 Å². The molecule has 3 rings (SSSR count). The highest BCUT2D eigenvalue weighted by Crippen LogP contribution is 2.25. The molecule has 1 aliphatic carbocycles. The van der Waals surface area contributed by atoms with Gasteiger partial charge < -0.3 is 15.4 Å². The highest BCUT2D eigenvalue weighted by molar-refractivity contribution is 5.83. The summed E-state index contributed by atoms with van der Waals surface area (Å²) in [6.07, 6.45) is 3.99. The number of aromatic nitrogens is 1. The molecule has 3 nitrogen and oxygen atoms in total. The maximum atomic E-state index is 10.1. The monoisotopic (exact) mass is 216 g/mol. The number of hydrogen-bond donors (Lipinski definition) is 3. The molecule has 1 atom stereocenters. The third-order valence-corrected chi connectivity index (χ3v) is 3.16. The third kappa shape index (κ3) is 1.84. The topological polar surface area (TPSA) is 48.0 Å². The zero-order valence-corrected chi connectivity index (χ0v) is 9.11. The van der Waals surface area contributed by atoms with E-state index >= 15 is 0 Å². The van der Waals surface area contributed by atoms with Crippen molar-refractivity contribution in [3.05, 3.63) is 36.0 Å². The Kier molecular flexibility index (Phi) is 2.42. The minimum absolute atomic E-state index is 0.420. The van der Waals surface area contributed by atoms with Crippen molar-refractivity contribution in [2.24, 2.45) is 0 Å². The lowest BCUT2D eigenvalue weighted by molar-refractivity contribution is 0.176. The molecule has 1 heterocycles. The predicted molar refractivity (Wildman–Crippen MR) is 64.3 cm³/mol. The van der Waals surface area contributed by atoms with Gasteiger partial charge in [-0.15, -0.1) is 0 Å². The molecule has 1 aliphatic rings. The van der Waals surface area contributed by atoms with E-state index in [1.807, 2.05) is 30.5 Å². The Bertz CT molecular complexity index is 487. The number of aliphatic hydroxyl groups excluding tert-OH is 1. The van der Waals surface area contributed by atoms with E-state index in [1.54, 1.807) is 0 Å². The standard InChI is InChI=1S/C13H16N2O/c16-13(8-14-9-5-6-9)11-7-15-12-4-2-1-3-10(11)12/h1-4,7,9,13-16H,5-6,8H2. The summed E-state index contributed by atoms with van der Waals surface area (Å²) in [7, 11) is 0. The SMILES string of the molecule is OC(CNC1CC1)c1c[nH]c2ccccc12. The van der Waals surface area contributed by atoms with E-state index in [0.29, 0.717) is 12.6 Å². The van der Waals surface area contributed by atoms with Gasteiger partial charge in [0.2, 0.25) is 0 Å². The second kappa shape index (κ2) is 3.92. The normalized spacial score (nSPS) is 17.8. The van der Waals surface area contributed by atoms with E-state index < -0.39 is 6.10 Å². The summed E-state index contributed by atoms with van der Waals surface area (Å²) in [5.74, 6) is 0. The van der Waals surface area contributed by atoms with Crippen LogP contribution in [0.25, 0.3) is 10.9 Å². The van der Waals surface area contributed by atoms with Crippen LogP contribution in [0.15, 0.2) is 30.5 Å². The lowest BCUT2D eigenvalue weighted by atomic mass is 10.1. The Balaban J connectivity index is 1.80. The highest BCUT2D eigenvalue weighted by Gasteiger charge is 2.22. The summed E-state index contributed by atoms with van der Waals surface area (Å²) in [5, 5.41) is 14.6. The van der Waals surface area contributed by atoms with E-state index in [1.165, 1.54) is 12.8 Å². The Morgan fingerprint density at radius 2 is 2.19 bits per heavy atom. The van der Waals surface area contributed by atoms with E-state index in [4.69, 9.17) is 0 Å². The van der Waals surface area contributed by atoms with Gasteiger partial charge in [-0.25, -0.2) is 0 Å². The first kappa shape index (κ1) is 9.87. The molecule has 0 amide bonds. The van der Waals surface area contributed by atoms with Crippen molar-refractivity contribution in [3.8, 4) is 0 Å². The summed E-state index contributed by atoms with van der Waals surface area (Å²) >= 11 is 0. The van der Waals surface area contributed by atoms with Gasteiger partial charge in [-0.05, 0) is 18.9 Å². The van der Waals surface area contributed by atoms with Crippen molar-refractivity contribution in [2.75, 3.05) is 6.54 Å². The lowest BCUT2D eigenvalue weighted by Crippen LogP contribution is -2.23. The van der Waals surface area contributed by atoms with Crippen LogP contribution < -0.4 is 5.32 Å². The van der Waals surface area contributed by atoms with Gasteiger partial charge in [0.1, 0.15) is 0 Å². The minimum atomic E-state index is -0.420. The van der Waals surface area contributed by atoms with Crippen LogP contribution in [-0.4, -0.2) is 22.7 Å². The van der Waals surface area contributed by atoms with Gasteiger partial charge in [-0.2, -0.15) is 0 Å². The van der Waals surface area contributed by atoms with Gasteiger partial charge in [0.15, 0.2) is 0 Å². The Hall–Kier alpha value is -1.32. The first-order valence-corrected chi connectivity index (χ1v) is 5.82. The molecule has 0 spiro atoms. The molecule has 0 saturated heterocycles. The fourth-order valence-corrected chi connectivity index (χ4v) is 2.05. The number of rotatable bonds is 4. The summed E-state index contributed by atoms with van der Waals surface area (Å²) in [5.41, 5.74) is 2.08. The number of hydrogen-bond acceptors (Lipinski definition) is 2. The van der Waals surface area contributed by atoms with Crippen LogP contribution in [0.1, 0.15) is 24.5 Å². The van der Waals surface area contributed by atoms with Crippen LogP contribution in [0.5, 0.6) is 0 Å². The van der Waals surface area contributed by atoms with Gasteiger partial charge >= 0.3 is 0 Å². The highest BCUT2D eigenvalue weighted by atomic mass is 16.3. The molecule has 0 aliphatic heterocycles. The number of aromatic amines is 1. The lowest BCUT2D eigenvalue weighted by Gasteiger charge is -2.10. The van der Waals surface area contributed by atoms with Crippen molar-refractivity contribution in [1.29, 1.82) is 0 Å². The van der Waals surface area contributed by atoms with E-state index in [0.717, 1.165) is 16.5 Å². The van der Waals surface area contributed by atoms with Crippen LogP contribution in [0.4, 0.5) is 0 Å². The fourth-order valence-electron chi connectivity index (χ4n) is 2.05. The molecule has 3 N–H and O–H groups in total. The second-order valence-electron chi connectivity index (χ2n) is 4.49. The van der Waals surface area contributed by atoms with Crippen LogP contribution in [0.2, 0.25) is 0 Å². The van der Waals surface area contributed by atoms with Crippen molar-refractivity contribution >= 4 is 10.9 Å². The molecule has 2 aromatic rings. The van der Waals surface area contributed by atoms with Crippen molar-refractivity contribution in [1.82, 2.24) is 10.3 Å². The Morgan fingerprint density at radius 3 is 3.00 bits per heavy atom. The van der Waals surface area contributed by atoms with E-state index in [9.17, 15) is 5.11 Å². The molecule has 0 radical (unpaired) electrons. The van der Waals surface area contributed by atoms with Crippen LogP contribution in [0.3, 0.4) is 0 Å². The zero-order valence-electron chi connectivity index (χ0n) is 9.11. The van der Waals surface area contributed by atoms with E-state index in [-0.39, 0.29) is 0 Å². The molecule has 84 valence electrons. The quantitative estimate of drug-likeness (QED) is 0.731. The van der Waals surface area contributed by atoms with Crippen LogP contribution >= 0.6 is 0 Å². The molecule has 16 heavy (non-hydrogen) atoms. The first-order chi connectivity index (χ1) is 7.84. The van der Waals surface area contributed by atoms with Crippen molar-refractivity contribution < 1.29 is 5.11 Å². The van der Waals surface area contributed by atoms with Crippen molar-refractivity contribution in [2.45, 2.75) is 25.0 Å². The number of aliphatic hydroxyl groups is 1. The number of fused-ring (bicyclic) bond motifs is 1. The maximum absolute atomic E-state index is 10.1. The molecule has 1 saturated carbocycles. The molecule has 1 fully saturated rings. The number of H-pyrrole nitrogens is 1. The molecule has 3 heteroatoms. The summed E-state index contributed by atoms with van der Waals surface area (Å²) < 4.78 is 0. The maximum Gasteiger partial charge on any atom is 0.0935 e. The average molecular weight is 216 g/mol. The summed E-state index contributed by atoms with van der Waals surface area (Å²) in [4.78, 5) is 3.18. The number of nitrogens with one attached hydrogen (secondary N) is 2. The third-order valence-electron chi connectivity index (χ3n) is 3.16. The number of benzene rings is 1. The van der Waals surface area contributed by atoms with Gasteiger partial charge in [-0.1, -0.05) is 18.2 Å². The second-order valence-corrected chi connectivity index (χ2v) is 4.49. The van der Waals surface area contributed by atoms with Crippen LogP contribution in [-0.2, 0) is 0 Å².